The summed E-state index contributed by atoms with van der Waals surface area (Å²) in [7, 11) is 1.58. The maximum absolute atomic E-state index is 12.3. The molecular weight excluding hydrogens is 268 g/mol. The van der Waals surface area contributed by atoms with E-state index in [1.54, 1.807) is 7.11 Å². The van der Waals surface area contributed by atoms with Crippen LogP contribution in [-0.4, -0.2) is 51.3 Å². The number of ether oxygens (including phenoxy) is 1. The van der Waals surface area contributed by atoms with Crippen LogP contribution in [0.1, 0.15) is 19.8 Å². The summed E-state index contributed by atoms with van der Waals surface area (Å²) in [6.45, 7) is 5.55. The molecule has 6 heteroatoms. The Bertz CT molecular complexity index is 439. The van der Waals surface area contributed by atoms with E-state index in [1.165, 1.54) is 0 Å². The predicted molar refractivity (Wildman–Crippen MR) is 82.7 cm³/mol. The van der Waals surface area contributed by atoms with E-state index in [0.29, 0.717) is 30.3 Å². The standard InChI is InChI=1S/C15H26N4O2/c1-10-7-12(14(21-2)8-13(10)16)15(20)19-4-3-11-9-17-5-6-18-11/h7,11,13,17-18H,3-6,8-9,16H2,1-2H3,(H,19,20). The molecule has 0 aromatic heterocycles. The van der Waals surface area contributed by atoms with Crippen molar-refractivity contribution in [1.82, 2.24) is 16.0 Å². The van der Waals surface area contributed by atoms with E-state index in [9.17, 15) is 4.79 Å². The number of piperazine rings is 1. The Hall–Kier alpha value is -1.37. The summed E-state index contributed by atoms with van der Waals surface area (Å²) < 4.78 is 5.31. The van der Waals surface area contributed by atoms with Crippen LogP contribution in [0, 0.1) is 0 Å². The Labute approximate surface area is 126 Å². The molecule has 0 aromatic carbocycles. The molecule has 2 aliphatic rings. The smallest absolute Gasteiger partial charge is 0.254 e. The number of nitrogens with one attached hydrogen (secondary N) is 3. The number of carbonyl (C=O) groups is 1. The highest BCUT2D eigenvalue weighted by atomic mass is 16.5. The van der Waals surface area contributed by atoms with Gasteiger partial charge in [0, 0.05) is 44.7 Å². The Morgan fingerprint density at radius 1 is 1.52 bits per heavy atom. The molecule has 1 heterocycles. The third-order valence-electron chi connectivity index (χ3n) is 4.06. The van der Waals surface area contributed by atoms with Crippen molar-refractivity contribution in [1.29, 1.82) is 0 Å². The second kappa shape index (κ2) is 7.59. The minimum atomic E-state index is -0.0816. The Morgan fingerprint density at radius 3 is 3.00 bits per heavy atom. The van der Waals surface area contributed by atoms with Gasteiger partial charge < -0.3 is 26.4 Å². The van der Waals surface area contributed by atoms with E-state index in [0.717, 1.165) is 31.6 Å². The molecule has 21 heavy (non-hydrogen) atoms. The van der Waals surface area contributed by atoms with Gasteiger partial charge in [-0.2, -0.15) is 0 Å². The molecule has 1 saturated heterocycles. The van der Waals surface area contributed by atoms with Crippen LogP contribution < -0.4 is 21.7 Å². The van der Waals surface area contributed by atoms with Gasteiger partial charge >= 0.3 is 0 Å². The first-order valence-corrected chi connectivity index (χ1v) is 7.55. The van der Waals surface area contributed by atoms with Crippen LogP contribution in [0.5, 0.6) is 0 Å². The largest absolute Gasteiger partial charge is 0.500 e. The normalized spacial score (nSPS) is 26.3. The molecule has 2 atom stereocenters. The number of hydrogen-bond donors (Lipinski definition) is 4. The molecule has 0 radical (unpaired) electrons. The van der Waals surface area contributed by atoms with Crippen molar-refractivity contribution in [3.05, 3.63) is 23.0 Å². The van der Waals surface area contributed by atoms with Crippen LogP contribution in [0.4, 0.5) is 0 Å². The maximum atomic E-state index is 12.3. The fourth-order valence-electron chi connectivity index (χ4n) is 2.64. The Balaban J connectivity index is 1.86. The molecule has 2 unspecified atom stereocenters. The quantitative estimate of drug-likeness (QED) is 0.556. The van der Waals surface area contributed by atoms with E-state index >= 15 is 0 Å². The summed E-state index contributed by atoms with van der Waals surface area (Å²) in [5.74, 6) is 0.588. The van der Waals surface area contributed by atoms with Gasteiger partial charge in [0.25, 0.3) is 5.91 Å². The molecule has 1 aliphatic carbocycles. The summed E-state index contributed by atoms with van der Waals surface area (Å²) in [6.07, 6.45) is 3.33. The van der Waals surface area contributed by atoms with E-state index in [2.05, 4.69) is 16.0 Å². The first kappa shape index (κ1) is 16.0. The van der Waals surface area contributed by atoms with Crippen LogP contribution in [0.3, 0.4) is 0 Å². The third kappa shape index (κ3) is 4.30. The molecule has 0 saturated carbocycles. The molecule has 5 N–H and O–H groups in total. The lowest BCUT2D eigenvalue weighted by molar-refractivity contribution is -0.117. The molecule has 1 amide bonds. The van der Waals surface area contributed by atoms with Gasteiger partial charge in [-0.05, 0) is 19.4 Å². The van der Waals surface area contributed by atoms with Crippen LogP contribution in [0.2, 0.25) is 0 Å². The SMILES string of the molecule is COC1=C(C(=O)NCCC2CNCCN2)C=C(C)C(N)C1. The van der Waals surface area contributed by atoms with Gasteiger partial charge in [-0.1, -0.05) is 5.57 Å². The van der Waals surface area contributed by atoms with Crippen molar-refractivity contribution >= 4 is 5.91 Å². The highest BCUT2D eigenvalue weighted by Crippen LogP contribution is 2.23. The molecule has 0 spiro atoms. The van der Waals surface area contributed by atoms with Gasteiger partial charge in [-0.15, -0.1) is 0 Å². The van der Waals surface area contributed by atoms with E-state index < -0.39 is 0 Å². The van der Waals surface area contributed by atoms with E-state index in [1.807, 2.05) is 13.0 Å². The van der Waals surface area contributed by atoms with Crippen molar-refractivity contribution in [3.8, 4) is 0 Å². The molecule has 118 valence electrons. The molecular formula is C15H26N4O2. The molecule has 0 bridgehead atoms. The lowest BCUT2D eigenvalue weighted by atomic mass is 9.94. The summed E-state index contributed by atoms with van der Waals surface area (Å²) in [4.78, 5) is 12.3. The minimum Gasteiger partial charge on any atom is -0.500 e. The lowest BCUT2D eigenvalue weighted by Crippen LogP contribution is -2.49. The predicted octanol–water partition coefficient (Wildman–Crippen LogP) is -0.368. The van der Waals surface area contributed by atoms with Gasteiger partial charge in [0.15, 0.2) is 0 Å². The fourth-order valence-corrected chi connectivity index (χ4v) is 2.64. The molecule has 0 aromatic rings. The number of amides is 1. The fraction of sp³-hybridized carbons (Fsp3) is 0.667. The first-order chi connectivity index (χ1) is 10.1. The maximum Gasteiger partial charge on any atom is 0.254 e. The zero-order valence-corrected chi connectivity index (χ0v) is 12.9. The summed E-state index contributed by atoms with van der Waals surface area (Å²) in [5, 5.41) is 9.73. The van der Waals surface area contributed by atoms with Crippen molar-refractivity contribution in [2.45, 2.75) is 31.8 Å². The average molecular weight is 294 g/mol. The number of carbonyl (C=O) groups excluding carboxylic acids is 1. The third-order valence-corrected chi connectivity index (χ3v) is 4.06. The minimum absolute atomic E-state index is 0.0611. The molecule has 1 fully saturated rings. The van der Waals surface area contributed by atoms with Crippen LogP contribution in [0.25, 0.3) is 0 Å². The number of hydrogen-bond acceptors (Lipinski definition) is 5. The lowest BCUT2D eigenvalue weighted by Gasteiger charge is -2.25. The van der Waals surface area contributed by atoms with Crippen LogP contribution >= 0.6 is 0 Å². The Kier molecular flexibility index (Phi) is 5.78. The highest BCUT2D eigenvalue weighted by molar-refractivity contribution is 5.97. The van der Waals surface area contributed by atoms with E-state index in [-0.39, 0.29) is 11.9 Å². The zero-order chi connectivity index (χ0) is 15.2. The molecule has 2 rings (SSSR count). The van der Waals surface area contributed by atoms with Gasteiger partial charge in [-0.25, -0.2) is 0 Å². The number of rotatable bonds is 5. The number of nitrogens with two attached hydrogens (primary N) is 1. The van der Waals surface area contributed by atoms with E-state index in [4.69, 9.17) is 10.5 Å². The summed E-state index contributed by atoms with van der Waals surface area (Å²) >= 11 is 0. The summed E-state index contributed by atoms with van der Waals surface area (Å²) in [5.41, 5.74) is 7.59. The van der Waals surface area contributed by atoms with Crippen molar-refractivity contribution in [3.63, 3.8) is 0 Å². The average Bonchev–Trinajstić information content (AvgIpc) is 2.50. The van der Waals surface area contributed by atoms with Crippen molar-refractivity contribution < 1.29 is 9.53 Å². The van der Waals surface area contributed by atoms with Crippen LogP contribution in [0.15, 0.2) is 23.0 Å². The molecule has 6 nitrogen and oxygen atoms in total. The second-order valence-electron chi connectivity index (χ2n) is 5.64. The monoisotopic (exact) mass is 294 g/mol. The van der Waals surface area contributed by atoms with Gasteiger partial charge in [-0.3, -0.25) is 4.79 Å². The highest BCUT2D eigenvalue weighted by Gasteiger charge is 2.23. The van der Waals surface area contributed by atoms with Gasteiger partial charge in [0.05, 0.1) is 12.7 Å². The topological polar surface area (TPSA) is 88.4 Å². The van der Waals surface area contributed by atoms with Gasteiger partial charge in [0.1, 0.15) is 5.76 Å². The summed E-state index contributed by atoms with van der Waals surface area (Å²) in [6, 6.07) is 0.362. The number of methoxy groups -OCH3 is 1. The van der Waals surface area contributed by atoms with Crippen LogP contribution in [-0.2, 0) is 9.53 Å². The van der Waals surface area contributed by atoms with Crippen molar-refractivity contribution in [2.75, 3.05) is 33.3 Å². The second-order valence-corrected chi connectivity index (χ2v) is 5.64. The molecule has 1 aliphatic heterocycles. The Morgan fingerprint density at radius 2 is 2.33 bits per heavy atom. The van der Waals surface area contributed by atoms with Gasteiger partial charge in [0.2, 0.25) is 0 Å². The zero-order valence-electron chi connectivity index (χ0n) is 12.9. The first-order valence-electron chi connectivity index (χ1n) is 7.55. The van der Waals surface area contributed by atoms with Crippen molar-refractivity contribution in [2.24, 2.45) is 5.73 Å².